The summed E-state index contributed by atoms with van der Waals surface area (Å²) in [7, 11) is 1.24. The number of nitrogens with zero attached hydrogens (tertiary/aromatic N) is 3. The third-order valence-electron chi connectivity index (χ3n) is 3.54. The van der Waals surface area contributed by atoms with E-state index in [-0.39, 0.29) is 22.5 Å². The van der Waals surface area contributed by atoms with Gasteiger partial charge in [0.2, 0.25) is 0 Å². The minimum Gasteiger partial charge on any atom is -0.506 e. The van der Waals surface area contributed by atoms with Gasteiger partial charge < -0.3 is 9.84 Å². The Morgan fingerprint density at radius 2 is 1.88 bits per heavy atom. The van der Waals surface area contributed by atoms with Crippen LogP contribution in [-0.2, 0) is 15.7 Å². The van der Waals surface area contributed by atoms with E-state index in [9.17, 15) is 23.1 Å². The monoisotopic (exact) mass is 363 g/mol. The number of phenolic OH excluding ortho intramolecular Hbond substituents is 1. The standard InChI is InChI=1S/C17H12F3N3O3/c1-26-16(25)7-3-10-2-6-15(24)14(8-10)23-21-12-5-4-11(17(18,19)20)9-13(12)22-23/h2-9,24H,1H3/b7-3+. The number of fused-ring (bicyclic) bond motifs is 1. The van der Waals surface area contributed by atoms with Crippen molar-refractivity contribution in [1.29, 1.82) is 0 Å². The molecule has 0 saturated heterocycles. The summed E-state index contributed by atoms with van der Waals surface area (Å²) in [5.74, 6) is -0.723. The molecule has 3 rings (SSSR count). The fourth-order valence-corrected chi connectivity index (χ4v) is 2.24. The van der Waals surface area contributed by atoms with E-state index in [0.29, 0.717) is 5.56 Å². The lowest BCUT2D eigenvalue weighted by Crippen LogP contribution is -2.04. The molecule has 0 bridgehead atoms. The molecule has 0 fully saturated rings. The van der Waals surface area contributed by atoms with Gasteiger partial charge in [0.05, 0.1) is 12.7 Å². The highest BCUT2D eigenvalue weighted by atomic mass is 19.4. The number of ether oxygens (including phenoxy) is 1. The second-order valence-corrected chi connectivity index (χ2v) is 5.30. The van der Waals surface area contributed by atoms with E-state index in [1.54, 1.807) is 6.07 Å². The van der Waals surface area contributed by atoms with Crippen molar-refractivity contribution in [3.8, 4) is 11.4 Å². The molecule has 26 heavy (non-hydrogen) atoms. The van der Waals surface area contributed by atoms with E-state index < -0.39 is 17.7 Å². The van der Waals surface area contributed by atoms with Gasteiger partial charge >= 0.3 is 12.1 Å². The van der Waals surface area contributed by atoms with Gasteiger partial charge in [-0.25, -0.2) is 4.79 Å². The fourth-order valence-electron chi connectivity index (χ4n) is 2.24. The summed E-state index contributed by atoms with van der Waals surface area (Å²) in [6.45, 7) is 0. The molecule has 0 radical (unpaired) electrons. The molecule has 1 aromatic heterocycles. The molecule has 0 aliphatic heterocycles. The van der Waals surface area contributed by atoms with Gasteiger partial charge in [0.25, 0.3) is 0 Å². The summed E-state index contributed by atoms with van der Waals surface area (Å²) in [6, 6.07) is 7.40. The Morgan fingerprint density at radius 1 is 1.15 bits per heavy atom. The molecule has 2 aromatic carbocycles. The van der Waals surface area contributed by atoms with E-state index >= 15 is 0 Å². The first-order chi connectivity index (χ1) is 12.3. The zero-order valence-electron chi connectivity index (χ0n) is 13.4. The molecule has 6 nitrogen and oxygen atoms in total. The second-order valence-electron chi connectivity index (χ2n) is 5.30. The SMILES string of the molecule is COC(=O)/C=C/c1ccc(O)c(-n2nc3ccc(C(F)(F)F)cc3n2)c1. The maximum atomic E-state index is 12.8. The Morgan fingerprint density at radius 3 is 2.58 bits per heavy atom. The van der Waals surface area contributed by atoms with E-state index in [2.05, 4.69) is 14.9 Å². The van der Waals surface area contributed by atoms with E-state index in [4.69, 9.17) is 0 Å². The molecule has 0 saturated carbocycles. The number of phenols is 1. The minimum absolute atomic E-state index is 0.0368. The largest absolute Gasteiger partial charge is 0.506 e. The first kappa shape index (κ1) is 17.5. The molecule has 0 aliphatic rings. The minimum atomic E-state index is -4.49. The Labute approximate surface area is 145 Å². The predicted molar refractivity (Wildman–Crippen MR) is 86.6 cm³/mol. The normalized spacial score (nSPS) is 12.0. The Kier molecular flexibility index (Phi) is 4.37. The van der Waals surface area contributed by atoms with E-state index in [1.807, 2.05) is 0 Å². The number of hydrogen-bond acceptors (Lipinski definition) is 5. The number of halogens is 3. The van der Waals surface area contributed by atoms with Crippen LogP contribution in [0, 0.1) is 0 Å². The van der Waals surface area contributed by atoms with Crippen molar-refractivity contribution in [1.82, 2.24) is 15.0 Å². The van der Waals surface area contributed by atoms with Crippen LogP contribution in [-0.4, -0.2) is 33.2 Å². The molecule has 0 atom stereocenters. The van der Waals surface area contributed by atoms with Crippen molar-refractivity contribution in [2.24, 2.45) is 0 Å². The molecule has 0 spiro atoms. The first-order valence-electron chi connectivity index (χ1n) is 7.31. The van der Waals surface area contributed by atoms with Crippen LogP contribution in [0.25, 0.3) is 22.8 Å². The molecule has 9 heteroatoms. The number of aromatic nitrogens is 3. The number of esters is 1. The molecule has 0 aliphatic carbocycles. The average molecular weight is 363 g/mol. The van der Waals surface area contributed by atoms with Crippen LogP contribution < -0.4 is 0 Å². The Bertz CT molecular complexity index is 1010. The van der Waals surface area contributed by atoms with Crippen LogP contribution in [0.4, 0.5) is 13.2 Å². The molecule has 134 valence electrons. The lowest BCUT2D eigenvalue weighted by molar-refractivity contribution is -0.137. The average Bonchev–Trinajstić information content (AvgIpc) is 3.02. The second kappa shape index (κ2) is 6.51. The zero-order valence-corrected chi connectivity index (χ0v) is 13.4. The molecule has 0 unspecified atom stereocenters. The molecule has 3 aromatic rings. The summed E-state index contributed by atoms with van der Waals surface area (Å²) in [5, 5.41) is 18.1. The summed E-state index contributed by atoms with van der Waals surface area (Å²) < 4.78 is 42.9. The van der Waals surface area contributed by atoms with Gasteiger partial charge in [-0.2, -0.15) is 13.2 Å². The van der Waals surface area contributed by atoms with Crippen LogP contribution in [0.2, 0.25) is 0 Å². The van der Waals surface area contributed by atoms with Gasteiger partial charge in [0.15, 0.2) is 0 Å². The maximum absolute atomic E-state index is 12.8. The number of alkyl halides is 3. The van der Waals surface area contributed by atoms with Gasteiger partial charge in [-0.05, 0) is 42.0 Å². The van der Waals surface area contributed by atoms with E-state index in [0.717, 1.165) is 16.9 Å². The van der Waals surface area contributed by atoms with E-state index in [1.165, 1.54) is 37.5 Å². The van der Waals surface area contributed by atoms with Gasteiger partial charge in [0.1, 0.15) is 22.5 Å². The fraction of sp³-hybridized carbons (Fsp3) is 0.118. The number of rotatable bonds is 3. The number of aromatic hydroxyl groups is 1. The Hall–Kier alpha value is -3.36. The smallest absolute Gasteiger partial charge is 0.416 e. The quantitative estimate of drug-likeness (QED) is 0.571. The third-order valence-corrected chi connectivity index (χ3v) is 3.54. The first-order valence-corrected chi connectivity index (χ1v) is 7.31. The third kappa shape index (κ3) is 3.51. The molecule has 1 heterocycles. The van der Waals surface area contributed by atoms with Crippen molar-refractivity contribution in [3.05, 3.63) is 53.6 Å². The summed E-state index contributed by atoms with van der Waals surface area (Å²) in [5.41, 5.74) is 0.140. The van der Waals surface area contributed by atoms with Crippen LogP contribution in [0.3, 0.4) is 0 Å². The van der Waals surface area contributed by atoms with Gasteiger partial charge in [-0.1, -0.05) is 6.07 Å². The number of methoxy groups -OCH3 is 1. The topological polar surface area (TPSA) is 77.2 Å². The van der Waals surface area contributed by atoms with Gasteiger partial charge in [-0.15, -0.1) is 15.0 Å². The maximum Gasteiger partial charge on any atom is 0.416 e. The van der Waals surface area contributed by atoms with Crippen molar-refractivity contribution < 1.29 is 27.8 Å². The lowest BCUT2D eigenvalue weighted by Gasteiger charge is -2.04. The van der Waals surface area contributed by atoms with Crippen LogP contribution in [0.5, 0.6) is 5.75 Å². The lowest BCUT2D eigenvalue weighted by atomic mass is 10.1. The number of carbonyl (C=O) groups is 1. The van der Waals surface area contributed by atoms with Crippen molar-refractivity contribution >= 4 is 23.1 Å². The summed E-state index contributed by atoms with van der Waals surface area (Å²) in [4.78, 5) is 12.2. The van der Waals surface area contributed by atoms with Crippen molar-refractivity contribution in [2.75, 3.05) is 7.11 Å². The van der Waals surface area contributed by atoms with Crippen LogP contribution in [0.1, 0.15) is 11.1 Å². The summed E-state index contributed by atoms with van der Waals surface area (Å²) in [6.07, 6.45) is -1.84. The molecule has 1 N–H and O–H groups in total. The Balaban J connectivity index is 2.03. The number of carbonyl (C=O) groups excluding carboxylic acids is 1. The van der Waals surface area contributed by atoms with Crippen LogP contribution >= 0.6 is 0 Å². The summed E-state index contributed by atoms with van der Waals surface area (Å²) >= 11 is 0. The van der Waals surface area contributed by atoms with Gasteiger partial charge in [-0.3, -0.25) is 0 Å². The van der Waals surface area contributed by atoms with Gasteiger partial charge in [0, 0.05) is 6.08 Å². The molecular weight excluding hydrogens is 351 g/mol. The highest BCUT2D eigenvalue weighted by molar-refractivity contribution is 5.87. The number of hydrogen-bond donors (Lipinski definition) is 1. The highest BCUT2D eigenvalue weighted by Gasteiger charge is 2.31. The van der Waals surface area contributed by atoms with Crippen molar-refractivity contribution in [2.45, 2.75) is 6.18 Å². The number of benzene rings is 2. The van der Waals surface area contributed by atoms with Crippen LogP contribution in [0.15, 0.2) is 42.5 Å². The molecular formula is C17H12F3N3O3. The van der Waals surface area contributed by atoms with Crippen molar-refractivity contribution in [3.63, 3.8) is 0 Å². The zero-order chi connectivity index (χ0) is 18.9. The predicted octanol–water partition coefficient (Wildman–Crippen LogP) is 3.33. The highest BCUT2D eigenvalue weighted by Crippen LogP contribution is 2.31. The molecule has 0 amide bonds.